The van der Waals surface area contributed by atoms with Gasteiger partial charge in [-0.25, -0.2) is 9.59 Å². The number of carbonyl (C=O) groups is 3. The third kappa shape index (κ3) is 4.81. The second kappa shape index (κ2) is 8.70. The number of hydrogen-bond donors (Lipinski definition) is 0. The van der Waals surface area contributed by atoms with Crippen molar-refractivity contribution in [2.75, 3.05) is 6.61 Å². The van der Waals surface area contributed by atoms with Crippen molar-refractivity contribution in [3.8, 4) is 0 Å². The molecule has 1 saturated carbocycles. The number of hydrogen-bond acceptors (Lipinski definition) is 6. The van der Waals surface area contributed by atoms with Gasteiger partial charge in [-0.05, 0) is 39.5 Å². The monoisotopic (exact) mass is 326 g/mol. The predicted molar refractivity (Wildman–Crippen MR) is 83.5 cm³/mol. The molecule has 0 spiro atoms. The molecular formula is C17H26O6. The molecule has 0 aromatic rings. The lowest BCUT2D eigenvalue weighted by Gasteiger charge is -2.39. The van der Waals surface area contributed by atoms with E-state index in [1.54, 1.807) is 13.8 Å². The van der Waals surface area contributed by atoms with E-state index in [1.165, 1.54) is 0 Å². The van der Waals surface area contributed by atoms with E-state index >= 15 is 0 Å². The summed E-state index contributed by atoms with van der Waals surface area (Å²) >= 11 is 0. The largest absolute Gasteiger partial charge is 0.463 e. The van der Waals surface area contributed by atoms with Crippen molar-refractivity contribution in [2.45, 2.75) is 64.6 Å². The average molecular weight is 326 g/mol. The summed E-state index contributed by atoms with van der Waals surface area (Å²) in [6, 6.07) is 0. The molecular weight excluding hydrogens is 300 g/mol. The van der Waals surface area contributed by atoms with Crippen LogP contribution in [-0.4, -0.2) is 36.2 Å². The molecule has 0 saturated heterocycles. The van der Waals surface area contributed by atoms with Gasteiger partial charge in [0.05, 0.1) is 12.7 Å². The van der Waals surface area contributed by atoms with Crippen LogP contribution in [0.25, 0.3) is 0 Å². The molecule has 23 heavy (non-hydrogen) atoms. The summed E-state index contributed by atoms with van der Waals surface area (Å²) < 4.78 is 15.8. The fourth-order valence-corrected chi connectivity index (χ4v) is 2.71. The Kier molecular flexibility index (Phi) is 7.26. The normalized spacial score (nSPS) is 23.9. The number of rotatable bonds is 7. The quantitative estimate of drug-likeness (QED) is 0.406. The zero-order chi connectivity index (χ0) is 17.5. The molecule has 130 valence electrons. The first-order valence-electron chi connectivity index (χ1n) is 8.10. The molecule has 0 radical (unpaired) electrons. The molecule has 2 unspecified atom stereocenters. The summed E-state index contributed by atoms with van der Waals surface area (Å²) in [4.78, 5) is 36.8. The van der Waals surface area contributed by atoms with Gasteiger partial charge in [-0.3, -0.25) is 4.79 Å². The highest BCUT2D eigenvalue weighted by Gasteiger charge is 2.55. The first-order chi connectivity index (χ1) is 10.9. The Morgan fingerprint density at radius 2 is 2.00 bits per heavy atom. The average Bonchev–Trinajstić information content (AvgIpc) is 2.51. The number of carbonyl (C=O) groups excluding carboxylic acids is 3. The summed E-state index contributed by atoms with van der Waals surface area (Å²) in [6.07, 6.45) is 3.38. The molecule has 1 aliphatic rings. The molecule has 6 heteroatoms. The van der Waals surface area contributed by atoms with Crippen LogP contribution in [0, 0.1) is 5.92 Å². The minimum Gasteiger partial charge on any atom is -0.463 e. The van der Waals surface area contributed by atoms with Gasteiger partial charge in [-0.15, -0.1) is 0 Å². The topological polar surface area (TPSA) is 78.9 Å². The third-order valence-electron chi connectivity index (χ3n) is 3.72. The molecule has 0 N–H and O–H groups in total. The molecule has 1 rings (SSSR count). The van der Waals surface area contributed by atoms with E-state index < -0.39 is 29.4 Å². The Morgan fingerprint density at radius 3 is 2.57 bits per heavy atom. The van der Waals surface area contributed by atoms with Crippen LogP contribution in [0.3, 0.4) is 0 Å². The van der Waals surface area contributed by atoms with E-state index in [9.17, 15) is 14.4 Å². The van der Waals surface area contributed by atoms with E-state index in [2.05, 4.69) is 6.58 Å². The Balaban J connectivity index is 3.13. The SMILES string of the molecule is C=CC(=O)OC1(C(=O)OCCC)CCCCC1C(=O)OC(C)C. The van der Waals surface area contributed by atoms with E-state index in [4.69, 9.17) is 14.2 Å². The van der Waals surface area contributed by atoms with Crippen molar-refractivity contribution in [1.82, 2.24) is 0 Å². The van der Waals surface area contributed by atoms with Crippen LogP contribution in [0.4, 0.5) is 0 Å². The maximum Gasteiger partial charge on any atom is 0.351 e. The van der Waals surface area contributed by atoms with Crippen molar-refractivity contribution < 1.29 is 28.6 Å². The lowest BCUT2D eigenvalue weighted by molar-refractivity contribution is -0.199. The van der Waals surface area contributed by atoms with Crippen LogP contribution >= 0.6 is 0 Å². The summed E-state index contributed by atoms with van der Waals surface area (Å²) in [5.41, 5.74) is -1.62. The van der Waals surface area contributed by atoms with Gasteiger partial charge in [-0.2, -0.15) is 0 Å². The fourth-order valence-electron chi connectivity index (χ4n) is 2.71. The van der Waals surface area contributed by atoms with E-state index in [0.717, 1.165) is 12.5 Å². The Labute approximate surface area is 137 Å². The zero-order valence-corrected chi connectivity index (χ0v) is 14.1. The minimum atomic E-state index is -1.62. The van der Waals surface area contributed by atoms with Crippen molar-refractivity contribution >= 4 is 17.9 Å². The molecule has 0 aromatic heterocycles. The van der Waals surface area contributed by atoms with Crippen molar-refractivity contribution in [1.29, 1.82) is 0 Å². The van der Waals surface area contributed by atoms with Gasteiger partial charge < -0.3 is 14.2 Å². The smallest absolute Gasteiger partial charge is 0.351 e. The second-order valence-corrected chi connectivity index (χ2v) is 5.93. The van der Waals surface area contributed by atoms with Gasteiger partial charge in [0.1, 0.15) is 5.92 Å². The predicted octanol–water partition coefficient (Wildman–Crippen LogP) is 2.55. The molecule has 0 amide bonds. The number of esters is 3. The standard InChI is InChI=1S/C17H26O6/c1-5-11-21-16(20)17(23-14(18)6-2)10-8-7-9-13(17)15(19)22-12(3)4/h6,12-13H,2,5,7-11H2,1,3-4H3. The third-order valence-corrected chi connectivity index (χ3v) is 3.72. The lowest BCUT2D eigenvalue weighted by atomic mass is 9.75. The van der Waals surface area contributed by atoms with Crippen LogP contribution in [0.1, 0.15) is 52.9 Å². The van der Waals surface area contributed by atoms with E-state index in [1.807, 2.05) is 6.92 Å². The van der Waals surface area contributed by atoms with Gasteiger partial charge in [0.25, 0.3) is 0 Å². The van der Waals surface area contributed by atoms with Gasteiger partial charge in [0.15, 0.2) is 0 Å². The Bertz CT molecular complexity index is 456. The highest BCUT2D eigenvalue weighted by Crippen LogP contribution is 2.39. The molecule has 6 nitrogen and oxygen atoms in total. The van der Waals surface area contributed by atoms with Gasteiger partial charge in [0.2, 0.25) is 5.60 Å². The van der Waals surface area contributed by atoms with Crippen LogP contribution in [0.2, 0.25) is 0 Å². The van der Waals surface area contributed by atoms with Crippen LogP contribution < -0.4 is 0 Å². The highest BCUT2D eigenvalue weighted by atomic mass is 16.6. The lowest BCUT2D eigenvalue weighted by Crippen LogP contribution is -2.55. The van der Waals surface area contributed by atoms with Crippen LogP contribution in [0.5, 0.6) is 0 Å². The Hall–Kier alpha value is -1.85. The summed E-state index contributed by atoms with van der Waals surface area (Å²) in [6.45, 7) is 8.88. The van der Waals surface area contributed by atoms with Crippen LogP contribution in [0.15, 0.2) is 12.7 Å². The molecule has 1 aliphatic carbocycles. The molecule has 1 fully saturated rings. The first-order valence-corrected chi connectivity index (χ1v) is 8.10. The number of ether oxygens (including phenoxy) is 3. The molecule has 0 heterocycles. The summed E-state index contributed by atoms with van der Waals surface area (Å²) in [5.74, 6) is -2.82. The van der Waals surface area contributed by atoms with Crippen molar-refractivity contribution in [2.24, 2.45) is 5.92 Å². The van der Waals surface area contributed by atoms with E-state index in [0.29, 0.717) is 19.3 Å². The fraction of sp³-hybridized carbons (Fsp3) is 0.706. The summed E-state index contributed by atoms with van der Waals surface area (Å²) in [5, 5.41) is 0. The molecule has 0 bridgehead atoms. The Morgan fingerprint density at radius 1 is 1.30 bits per heavy atom. The first kappa shape index (κ1) is 19.2. The van der Waals surface area contributed by atoms with Crippen molar-refractivity contribution in [3.63, 3.8) is 0 Å². The van der Waals surface area contributed by atoms with Gasteiger partial charge >= 0.3 is 17.9 Å². The maximum absolute atomic E-state index is 12.6. The molecule has 0 aliphatic heterocycles. The highest BCUT2D eigenvalue weighted by molar-refractivity contribution is 5.92. The summed E-state index contributed by atoms with van der Waals surface area (Å²) in [7, 11) is 0. The molecule has 0 aromatic carbocycles. The molecule has 2 atom stereocenters. The maximum atomic E-state index is 12.6. The van der Waals surface area contributed by atoms with Gasteiger partial charge in [0, 0.05) is 6.08 Å². The van der Waals surface area contributed by atoms with Gasteiger partial charge in [-0.1, -0.05) is 19.9 Å². The minimum absolute atomic E-state index is 0.207. The zero-order valence-electron chi connectivity index (χ0n) is 14.1. The van der Waals surface area contributed by atoms with Crippen LogP contribution in [-0.2, 0) is 28.6 Å². The second-order valence-electron chi connectivity index (χ2n) is 5.93. The van der Waals surface area contributed by atoms with E-state index in [-0.39, 0.29) is 19.1 Å². The van der Waals surface area contributed by atoms with Crippen molar-refractivity contribution in [3.05, 3.63) is 12.7 Å².